The van der Waals surface area contributed by atoms with Crippen LogP contribution in [-0.4, -0.2) is 16.8 Å². The highest BCUT2D eigenvalue weighted by Gasteiger charge is 2.64. The van der Waals surface area contributed by atoms with Crippen molar-refractivity contribution in [1.82, 2.24) is 0 Å². The third-order valence-electron chi connectivity index (χ3n) is 2.42. The second-order valence-corrected chi connectivity index (χ2v) is 2.86. The molecule has 2 atom stereocenters. The predicted molar refractivity (Wildman–Crippen MR) is 30.9 cm³/mol. The summed E-state index contributed by atoms with van der Waals surface area (Å²) in [7, 11) is 0. The second kappa shape index (κ2) is 0.790. The van der Waals surface area contributed by atoms with Crippen LogP contribution in [0.15, 0.2) is 11.8 Å². The molecule has 2 aliphatic heterocycles. The largest absolute Gasteiger partial charge is 0.202 e. The fourth-order valence-corrected chi connectivity index (χ4v) is 1.89. The number of fused-ring (bicyclic) bond motifs is 4. The van der Waals surface area contributed by atoms with E-state index < -0.39 is 0 Å². The van der Waals surface area contributed by atoms with E-state index in [0.29, 0.717) is 0 Å². The Morgan fingerprint density at radius 3 is 3.50 bits per heavy atom. The van der Waals surface area contributed by atoms with Crippen LogP contribution < -0.4 is 0 Å². The molecule has 0 aromatic carbocycles. The van der Waals surface area contributed by atoms with E-state index in [4.69, 9.17) is 0 Å². The molecule has 3 aliphatic rings. The van der Waals surface area contributed by atoms with Crippen LogP contribution >= 0.6 is 0 Å². The lowest BCUT2D eigenvalue weighted by molar-refractivity contribution is -0.532. The van der Waals surface area contributed by atoms with Gasteiger partial charge in [-0.1, -0.05) is 0 Å². The van der Waals surface area contributed by atoms with Gasteiger partial charge in [-0.3, -0.25) is 0 Å². The first-order valence-corrected chi connectivity index (χ1v) is 3.28. The van der Waals surface area contributed by atoms with Crippen LogP contribution in [0.3, 0.4) is 0 Å². The Balaban J connectivity index is 2.23. The summed E-state index contributed by atoms with van der Waals surface area (Å²) in [6.45, 7) is 0. The molecule has 3 rings (SSSR count). The number of hydrogen-bond donors (Lipinski definition) is 0. The first-order chi connectivity index (χ1) is 3.97. The number of nitrogens with zero attached hydrogens (tertiary/aromatic N) is 1. The van der Waals surface area contributed by atoms with Gasteiger partial charge in [0.25, 0.3) is 0 Å². The Bertz CT molecular complexity index is 190. The van der Waals surface area contributed by atoms with Gasteiger partial charge in [0.15, 0.2) is 11.7 Å². The maximum Gasteiger partial charge on any atom is 0.187 e. The number of allylic oxidation sites excluding steroid dienone is 1. The monoisotopic (exact) mass is 106 g/mol. The minimum atomic E-state index is 0.962. The Labute approximate surface area is 48.3 Å². The molecule has 2 heterocycles. The molecule has 2 fully saturated rings. The quantitative estimate of drug-likeness (QED) is 0.401. The van der Waals surface area contributed by atoms with Crippen LogP contribution in [0.25, 0.3) is 0 Å². The summed E-state index contributed by atoms with van der Waals surface area (Å²) in [6.07, 6.45) is 7.31. The molecule has 0 bridgehead atoms. The van der Waals surface area contributed by atoms with Crippen molar-refractivity contribution in [3.63, 3.8) is 0 Å². The molecule has 0 aromatic heterocycles. The average Bonchev–Trinajstić information content (AvgIpc) is 2.34. The zero-order chi connectivity index (χ0) is 5.14. The van der Waals surface area contributed by atoms with Crippen LogP contribution in [0.1, 0.15) is 12.8 Å². The van der Waals surface area contributed by atoms with Gasteiger partial charge in [0.2, 0.25) is 0 Å². The van der Waals surface area contributed by atoms with E-state index in [1.54, 1.807) is 5.70 Å². The van der Waals surface area contributed by atoms with E-state index >= 15 is 0 Å². The van der Waals surface area contributed by atoms with Crippen LogP contribution in [0.4, 0.5) is 0 Å². The summed E-state index contributed by atoms with van der Waals surface area (Å²) in [5.41, 5.74) is 1.62. The molecule has 8 heavy (non-hydrogen) atoms. The molecular weight excluding hydrogens is 98.1 g/mol. The van der Waals surface area contributed by atoms with E-state index in [-0.39, 0.29) is 0 Å². The third kappa shape index (κ3) is 0.192. The van der Waals surface area contributed by atoms with Crippen molar-refractivity contribution in [2.24, 2.45) is 5.92 Å². The Morgan fingerprint density at radius 2 is 2.62 bits per heavy atom. The van der Waals surface area contributed by atoms with Crippen LogP contribution in [-0.2, 0) is 0 Å². The van der Waals surface area contributed by atoms with E-state index in [1.807, 2.05) is 0 Å². The molecule has 0 N–H and O–H groups in total. The lowest BCUT2D eigenvalue weighted by Crippen LogP contribution is -2.25. The Hall–Kier alpha value is -0.590. The van der Waals surface area contributed by atoms with Crippen molar-refractivity contribution in [1.29, 1.82) is 0 Å². The fourth-order valence-electron chi connectivity index (χ4n) is 1.89. The SMILES string of the molecule is C1=C2C3CC3[N+]2=CC1. The van der Waals surface area contributed by atoms with Crippen molar-refractivity contribution in [2.75, 3.05) is 0 Å². The van der Waals surface area contributed by atoms with Gasteiger partial charge in [0.1, 0.15) is 12.1 Å². The predicted octanol–water partition coefficient (Wildman–Crippen LogP) is 0.759. The van der Waals surface area contributed by atoms with Gasteiger partial charge in [-0.05, 0) is 6.08 Å². The number of rotatable bonds is 0. The summed E-state index contributed by atoms with van der Waals surface area (Å²) in [5.74, 6) is 1.01. The maximum absolute atomic E-state index is 2.44. The molecule has 0 aromatic rings. The van der Waals surface area contributed by atoms with Gasteiger partial charge in [0, 0.05) is 12.8 Å². The molecule has 1 heteroatoms. The zero-order valence-electron chi connectivity index (χ0n) is 4.67. The molecule has 1 saturated heterocycles. The molecule has 1 nitrogen and oxygen atoms in total. The van der Waals surface area contributed by atoms with E-state index in [9.17, 15) is 0 Å². The normalized spacial score (nSPS) is 46.0. The van der Waals surface area contributed by atoms with E-state index in [1.165, 1.54) is 12.8 Å². The summed E-state index contributed by atoms with van der Waals surface area (Å²) >= 11 is 0. The Morgan fingerprint density at radius 1 is 1.62 bits per heavy atom. The van der Waals surface area contributed by atoms with Crippen molar-refractivity contribution in [2.45, 2.75) is 18.9 Å². The number of hydrogen-bond acceptors (Lipinski definition) is 0. The van der Waals surface area contributed by atoms with Gasteiger partial charge >= 0.3 is 0 Å². The van der Waals surface area contributed by atoms with Crippen LogP contribution in [0, 0.1) is 5.92 Å². The standard InChI is InChI=1S/C7H8N/c1-2-6-5-4-7(5)8(6)3-1/h2-3,5,7H,1,4H2/q+1. The highest BCUT2D eigenvalue weighted by atomic mass is 15.2. The van der Waals surface area contributed by atoms with Crippen LogP contribution in [0.5, 0.6) is 0 Å². The van der Waals surface area contributed by atoms with Gasteiger partial charge in [-0.2, -0.15) is 0 Å². The lowest BCUT2D eigenvalue weighted by atomic mass is 10.2. The summed E-state index contributed by atoms with van der Waals surface area (Å²) < 4.78 is 2.44. The molecule has 0 radical (unpaired) electrons. The first-order valence-electron chi connectivity index (χ1n) is 3.28. The van der Waals surface area contributed by atoms with Crippen molar-refractivity contribution in [3.8, 4) is 0 Å². The first kappa shape index (κ1) is 3.44. The molecular formula is C7H8N+. The van der Waals surface area contributed by atoms with Crippen molar-refractivity contribution < 1.29 is 4.58 Å². The van der Waals surface area contributed by atoms with Gasteiger partial charge < -0.3 is 0 Å². The minimum Gasteiger partial charge on any atom is -0.202 e. The molecule has 2 unspecified atom stereocenters. The van der Waals surface area contributed by atoms with Gasteiger partial charge in [0.05, 0.1) is 0 Å². The third-order valence-corrected chi connectivity index (χ3v) is 2.42. The summed E-state index contributed by atoms with van der Waals surface area (Å²) in [4.78, 5) is 0. The van der Waals surface area contributed by atoms with E-state index in [0.717, 1.165) is 12.0 Å². The fraction of sp³-hybridized carbons (Fsp3) is 0.571. The second-order valence-electron chi connectivity index (χ2n) is 2.86. The molecule has 0 spiro atoms. The summed E-state index contributed by atoms with van der Waals surface area (Å²) in [5, 5.41) is 0. The topological polar surface area (TPSA) is 3.01 Å². The average molecular weight is 106 g/mol. The Kier molecular flexibility index (Phi) is 0.340. The molecule has 0 amide bonds. The van der Waals surface area contributed by atoms with Gasteiger partial charge in [-0.15, -0.1) is 0 Å². The maximum atomic E-state index is 2.44. The lowest BCUT2D eigenvalue weighted by Gasteiger charge is -2.07. The summed E-state index contributed by atoms with van der Waals surface area (Å²) in [6, 6.07) is 0.962. The van der Waals surface area contributed by atoms with Crippen LogP contribution in [0.2, 0.25) is 0 Å². The van der Waals surface area contributed by atoms with Gasteiger partial charge in [-0.25, -0.2) is 4.58 Å². The van der Waals surface area contributed by atoms with E-state index in [2.05, 4.69) is 16.9 Å². The zero-order valence-corrected chi connectivity index (χ0v) is 4.67. The minimum absolute atomic E-state index is 0.962. The van der Waals surface area contributed by atoms with Crippen molar-refractivity contribution >= 4 is 6.21 Å². The highest BCUT2D eigenvalue weighted by Crippen LogP contribution is 2.52. The molecule has 40 valence electrons. The smallest absolute Gasteiger partial charge is 0.187 e. The van der Waals surface area contributed by atoms with Crippen molar-refractivity contribution in [3.05, 3.63) is 11.8 Å². The highest BCUT2D eigenvalue weighted by molar-refractivity contribution is 5.59. The molecule has 1 saturated carbocycles. The molecule has 1 aliphatic carbocycles.